The number of rotatable bonds is 15. The van der Waals surface area contributed by atoms with E-state index in [9.17, 15) is 14.4 Å². The Morgan fingerprint density at radius 1 is 0.655 bits per heavy atom. The normalized spacial score (nSPS) is 10.8. The van der Waals surface area contributed by atoms with Gasteiger partial charge in [0.2, 0.25) is 0 Å². The Balaban J connectivity index is 4.60. The summed E-state index contributed by atoms with van der Waals surface area (Å²) in [5.41, 5.74) is -0.884. The number of hydrogen-bond acceptors (Lipinski definition) is 9. The van der Waals surface area contributed by atoms with Crippen LogP contribution in [0.5, 0.6) is 0 Å². The lowest BCUT2D eigenvalue weighted by Crippen LogP contribution is -2.41. The van der Waals surface area contributed by atoms with Crippen LogP contribution in [0.4, 0.5) is 14.4 Å². The van der Waals surface area contributed by atoms with Crippen molar-refractivity contribution in [3.63, 3.8) is 0 Å². The molecule has 12 heteroatoms. The second-order valence-corrected chi connectivity index (χ2v) is 9.25. The SMILES string of the molecule is CSCCNC(=O)OCC(C)(COC(=O)NCCSC)COC(=O)NCCSC. The Labute approximate surface area is 185 Å². The summed E-state index contributed by atoms with van der Waals surface area (Å²) >= 11 is 4.81. The van der Waals surface area contributed by atoms with Crippen molar-refractivity contribution in [3.8, 4) is 0 Å². The maximum Gasteiger partial charge on any atom is 0.407 e. The highest BCUT2D eigenvalue weighted by Gasteiger charge is 2.31. The van der Waals surface area contributed by atoms with E-state index in [1.807, 2.05) is 18.8 Å². The maximum atomic E-state index is 11.8. The van der Waals surface area contributed by atoms with Gasteiger partial charge in [-0.3, -0.25) is 0 Å². The monoisotopic (exact) mass is 471 g/mol. The van der Waals surface area contributed by atoms with E-state index in [1.165, 1.54) is 0 Å². The summed E-state index contributed by atoms with van der Waals surface area (Å²) in [6.07, 6.45) is 4.10. The van der Waals surface area contributed by atoms with Crippen LogP contribution >= 0.6 is 35.3 Å². The first-order valence-corrected chi connectivity index (χ1v) is 13.2. The number of carbonyl (C=O) groups excluding carboxylic acids is 3. The van der Waals surface area contributed by atoms with Crippen molar-refractivity contribution in [1.82, 2.24) is 16.0 Å². The third-order valence-electron chi connectivity index (χ3n) is 3.38. The molecule has 0 atom stereocenters. The van der Waals surface area contributed by atoms with Crippen LogP contribution in [0.15, 0.2) is 0 Å². The Bertz CT molecular complexity index is 421. The van der Waals surface area contributed by atoms with Gasteiger partial charge < -0.3 is 30.2 Å². The highest BCUT2D eigenvalue weighted by Crippen LogP contribution is 2.19. The molecule has 29 heavy (non-hydrogen) atoms. The average molecular weight is 472 g/mol. The van der Waals surface area contributed by atoms with Crippen LogP contribution in [0.2, 0.25) is 0 Å². The zero-order valence-corrected chi connectivity index (χ0v) is 20.0. The van der Waals surface area contributed by atoms with E-state index in [0.29, 0.717) is 19.6 Å². The van der Waals surface area contributed by atoms with E-state index >= 15 is 0 Å². The van der Waals surface area contributed by atoms with Gasteiger partial charge in [-0.15, -0.1) is 0 Å². The fraction of sp³-hybridized carbons (Fsp3) is 0.824. The Hall–Kier alpha value is -1.14. The number of thioether (sulfide) groups is 3. The molecule has 0 aromatic carbocycles. The van der Waals surface area contributed by atoms with Gasteiger partial charge in [-0.1, -0.05) is 0 Å². The molecule has 170 valence electrons. The first-order valence-electron chi connectivity index (χ1n) is 9.05. The lowest BCUT2D eigenvalue weighted by atomic mass is 9.94. The van der Waals surface area contributed by atoms with Gasteiger partial charge >= 0.3 is 18.3 Å². The van der Waals surface area contributed by atoms with Crippen molar-refractivity contribution >= 4 is 53.6 Å². The van der Waals surface area contributed by atoms with Gasteiger partial charge in [0.1, 0.15) is 19.8 Å². The summed E-state index contributed by atoms with van der Waals surface area (Å²) in [5.74, 6) is 2.31. The highest BCUT2D eigenvalue weighted by molar-refractivity contribution is 7.99. The van der Waals surface area contributed by atoms with Crippen molar-refractivity contribution < 1.29 is 28.6 Å². The number of alkyl carbamates (subject to hydrolysis) is 3. The van der Waals surface area contributed by atoms with Gasteiger partial charge in [0.15, 0.2) is 0 Å². The molecule has 0 bridgehead atoms. The molecule has 0 saturated carbocycles. The molecule has 0 unspecified atom stereocenters. The number of ether oxygens (including phenoxy) is 3. The highest BCUT2D eigenvalue weighted by atomic mass is 32.2. The molecule has 0 saturated heterocycles. The number of hydrogen-bond donors (Lipinski definition) is 3. The van der Waals surface area contributed by atoms with Gasteiger partial charge in [0.05, 0.1) is 5.41 Å². The molecule has 0 fully saturated rings. The first kappa shape index (κ1) is 27.9. The number of carbonyl (C=O) groups is 3. The van der Waals surface area contributed by atoms with E-state index in [1.54, 1.807) is 42.2 Å². The Kier molecular flexibility index (Phi) is 17.0. The zero-order chi connectivity index (χ0) is 22.0. The summed E-state index contributed by atoms with van der Waals surface area (Å²) in [6.45, 7) is 2.95. The average Bonchev–Trinajstić information content (AvgIpc) is 2.70. The molecule has 0 aromatic rings. The lowest BCUT2D eigenvalue weighted by Gasteiger charge is -2.28. The van der Waals surface area contributed by atoms with Crippen LogP contribution in [0, 0.1) is 5.41 Å². The molecule has 0 aliphatic rings. The predicted octanol–water partition coefficient (Wildman–Crippen LogP) is 2.26. The maximum absolute atomic E-state index is 11.8. The largest absolute Gasteiger partial charge is 0.449 e. The molecule has 0 heterocycles. The summed E-state index contributed by atoms with van der Waals surface area (Å²) in [6, 6.07) is 0. The second kappa shape index (κ2) is 17.7. The number of nitrogens with one attached hydrogen (secondary N) is 3. The second-order valence-electron chi connectivity index (χ2n) is 6.30. The van der Waals surface area contributed by atoms with Crippen LogP contribution in [-0.4, -0.2) is 93.8 Å². The standard InChI is InChI=1S/C17H33N3O6S3/c1-17(11-24-14(21)18-5-8-27-2,12-25-15(22)19-6-9-28-3)13-26-16(23)20-7-10-29-4/h5-13H2,1-4H3,(H,18,21)(H,19,22)(H,20,23). The molecule has 3 amide bonds. The Morgan fingerprint density at radius 2 is 0.931 bits per heavy atom. The topological polar surface area (TPSA) is 115 Å². The van der Waals surface area contributed by atoms with Crippen molar-refractivity contribution in [1.29, 1.82) is 0 Å². The number of amides is 3. The third-order valence-corrected chi connectivity index (χ3v) is 5.22. The van der Waals surface area contributed by atoms with E-state index in [-0.39, 0.29) is 19.8 Å². The van der Waals surface area contributed by atoms with Crippen molar-refractivity contribution in [2.45, 2.75) is 6.92 Å². The van der Waals surface area contributed by atoms with Crippen LogP contribution in [0.3, 0.4) is 0 Å². The zero-order valence-electron chi connectivity index (χ0n) is 17.5. The Morgan fingerprint density at radius 3 is 1.17 bits per heavy atom. The van der Waals surface area contributed by atoms with E-state index < -0.39 is 23.7 Å². The molecule has 0 aromatic heterocycles. The van der Waals surface area contributed by atoms with Crippen molar-refractivity contribution in [2.24, 2.45) is 5.41 Å². The quantitative estimate of drug-likeness (QED) is 0.244. The minimum Gasteiger partial charge on any atom is -0.449 e. The van der Waals surface area contributed by atoms with Gasteiger partial charge in [-0.25, -0.2) is 14.4 Å². The molecule has 0 rings (SSSR count). The fourth-order valence-electron chi connectivity index (χ4n) is 1.76. The fourth-order valence-corrected chi connectivity index (χ4v) is 2.68. The molecule has 9 nitrogen and oxygen atoms in total. The van der Waals surface area contributed by atoms with Gasteiger partial charge in [-0.05, 0) is 25.7 Å². The van der Waals surface area contributed by atoms with Gasteiger partial charge in [0, 0.05) is 36.9 Å². The summed E-state index contributed by atoms with van der Waals surface area (Å²) in [5, 5.41) is 7.88. The molecule has 0 radical (unpaired) electrons. The van der Waals surface area contributed by atoms with Crippen LogP contribution in [0.1, 0.15) is 6.92 Å². The van der Waals surface area contributed by atoms with Crippen molar-refractivity contribution in [2.75, 3.05) is 75.5 Å². The summed E-state index contributed by atoms with van der Waals surface area (Å²) < 4.78 is 15.7. The smallest absolute Gasteiger partial charge is 0.407 e. The molecule has 3 N–H and O–H groups in total. The van der Waals surface area contributed by atoms with Crippen LogP contribution < -0.4 is 16.0 Å². The van der Waals surface area contributed by atoms with E-state index in [4.69, 9.17) is 14.2 Å². The first-order chi connectivity index (χ1) is 13.9. The lowest BCUT2D eigenvalue weighted by molar-refractivity contribution is -0.00416. The molecule has 0 aliphatic carbocycles. The predicted molar refractivity (Wildman–Crippen MR) is 121 cm³/mol. The minimum absolute atomic E-state index is 0.0751. The molecule has 0 aliphatic heterocycles. The third kappa shape index (κ3) is 16.4. The molecular weight excluding hydrogens is 438 g/mol. The molecule has 0 spiro atoms. The van der Waals surface area contributed by atoms with E-state index in [0.717, 1.165) is 17.3 Å². The van der Waals surface area contributed by atoms with Crippen LogP contribution in [-0.2, 0) is 14.2 Å². The van der Waals surface area contributed by atoms with Crippen LogP contribution in [0.25, 0.3) is 0 Å². The summed E-state index contributed by atoms with van der Waals surface area (Å²) in [7, 11) is 0. The van der Waals surface area contributed by atoms with Gasteiger partial charge in [0.25, 0.3) is 0 Å². The van der Waals surface area contributed by atoms with Crippen molar-refractivity contribution in [3.05, 3.63) is 0 Å². The summed E-state index contributed by atoms with van der Waals surface area (Å²) in [4.78, 5) is 35.4. The van der Waals surface area contributed by atoms with E-state index in [2.05, 4.69) is 16.0 Å². The van der Waals surface area contributed by atoms with Gasteiger partial charge in [-0.2, -0.15) is 35.3 Å². The minimum atomic E-state index is -0.884. The molecular formula is C17H33N3O6S3.